The van der Waals surface area contributed by atoms with Crippen LogP contribution in [0.5, 0.6) is 0 Å². The highest BCUT2D eigenvalue weighted by Crippen LogP contribution is 2.06. The summed E-state index contributed by atoms with van der Waals surface area (Å²) >= 11 is 0. The van der Waals surface area contributed by atoms with Gasteiger partial charge in [-0.2, -0.15) is 5.48 Å². The van der Waals surface area contributed by atoms with Crippen LogP contribution in [0.15, 0.2) is 5.11 Å². The van der Waals surface area contributed by atoms with E-state index in [4.69, 9.17) is 38.8 Å². The van der Waals surface area contributed by atoms with Crippen molar-refractivity contribution in [1.29, 1.82) is 0 Å². The molecule has 1 amide bonds. The van der Waals surface area contributed by atoms with Crippen molar-refractivity contribution in [3.8, 4) is 0 Å². The number of carbonyl (C=O) groups excluding carboxylic acids is 1. The van der Waals surface area contributed by atoms with E-state index in [1.165, 1.54) is 0 Å². The Morgan fingerprint density at radius 2 is 1.21 bits per heavy atom. The second-order valence-corrected chi connectivity index (χ2v) is 6.47. The van der Waals surface area contributed by atoms with Crippen molar-refractivity contribution in [3.05, 3.63) is 10.4 Å². The fraction of sp³-hybridized carbons (Fsp3) is 0.941. The van der Waals surface area contributed by atoms with Crippen LogP contribution in [-0.4, -0.2) is 90.9 Å². The highest BCUT2D eigenvalue weighted by atomic mass is 16.7. The van der Waals surface area contributed by atoms with Crippen molar-refractivity contribution in [3.63, 3.8) is 0 Å². The van der Waals surface area contributed by atoms with Gasteiger partial charge in [0.2, 0.25) is 0 Å². The van der Waals surface area contributed by atoms with Crippen molar-refractivity contribution in [2.45, 2.75) is 26.4 Å². The Labute approximate surface area is 171 Å². The number of carbonyl (C=O) groups is 1. The van der Waals surface area contributed by atoms with Gasteiger partial charge >= 0.3 is 6.09 Å². The van der Waals surface area contributed by atoms with Crippen molar-refractivity contribution in [2.24, 2.45) is 5.11 Å². The largest absolute Gasteiger partial charge is 0.442 e. The SMILES string of the molecule is CC(C)(C)OC(=O)NOCCOCCOCCOCCOCCOCCN=[N+]=[N-]. The first-order valence-electron chi connectivity index (χ1n) is 9.46. The molecule has 0 heterocycles. The minimum atomic E-state index is -0.637. The third-order valence-electron chi connectivity index (χ3n) is 2.77. The highest BCUT2D eigenvalue weighted by molar-refractivity contribution is 5.66. The van der Waals surface area contributed by atoms with E-state index in [0.717, 1.165) is 0 Å². The van der Waals surface area contributed by atoms with E-state index in [1.807, 2.05) is 0 Å². The van der Waals surface area contributed by atoms with Crippen LogP contribution in [0.4, 0.5) is 4.79 Å². The minimum Gasteiger partial charge on any atom is -0.442 e. The third kappa shape index (κ3) is 24.3. The summed E-state index contributed by atoms with van der Waals surface area (Å²) in [5.41, 5.74) is 9.69. The molecule has 0 saturated carbocycles. The molecule has 0 fully saturated rings. The maximum atomic E-state index is 11.3. The summed E-state index contributed by atoms with van der Waals surface area (Å²) in [5.74, 6) is 0. The molecular weight excluding hydrogens is 388 g/mol. The van der Waals surface area contributed by atoms with Crippen LogP contribution in [0.3, 0.4) is 0 Å². The number of rotatable bonds is 19. The Hall–Kier alpha value is -1.66. The Balaban J connectivity index is 3.13. The molecule has 0 rings (SSSR count). The number of hydrogen-bond donors (Lipinski definition) is 1. The van der Waals surface area contributed by atoms with E-state index in [2.05, 4.69) is 15.5 Å². The molecule has 0 unspecified atom stereocenters. The average Bonchev–Trinajstić information content (AvgIpc) is 2.65. The van der Waals surface area contributed by atoms with E-state index < -0.39 is 11.7 Å². The number of azide groups is 1. The molecule has 29 heavy (non-hydrogen) atoms. The molecule has 170 valence electrons. The molecule has 0 spiro atoms. The van der Waals surface area contributed by atoms with Gasteiger partial charge in [0, 0.05) is 11.5 Å². The van der Waals surface area contributed by atoms with Crippen molar-refractivity contribution in [2.75, 3.05) is 79.2 Å². The van der Waals surface area contributed by atoms with Gasteiger partial charge in [0.15, 0.2) is 0 Å². The first-order chi connectivity index (χ1) is 14.0. The fourth-order valence-corrected chi connectivity index (χ4v) is 1.64. The topological polar surface area (TPSA) is 142 Å². The molecule has 0 aliphatic rings. The lowest BCUT2D eigenvalue weighted by atomic mass is 10.2. The maximum Gasteiger partial charge on any atom is 0.431 e. The zero-order chi connectivity index (χ0) is 21.6. The number of hydrogen-bond acceptors (Lipinski definition) is 9. The molecule has 0 radical (unpaired) electrons. The highest BCUT2D eigenvalue weighted by Gasteiger charge is 2.15. The number of nitrogens with zero attached hydrogens (tertiary/aromatic N) is 3. The molecule has 0 aromatic carbocycles. The van der Waals surface area contributed by atoms with E-state index in [9.17, 15) is 4.79 Å². The van der Waals surface area contributed by atoms with Crippen LogP contribution in [0.1, 0.15) is 20.8 Å². The predicted octanol–water partition coefficient (Wildman–Crippen LogP) is 1.84. The molecular formula is C17H34N4O8. The quantitative estimate of drug-likeness (QED) is 0.109. The Kier molecular flexibility index (Phi) is 18.5. The van der Waals surface area contributed by atoms with Crippen LogP contribution in [0.25, 0.3) is 10.4 Å². The molecule has 0 aromatic heterocycles. The summed E-state index contributed by atoms with van der Waals surface area (Å²) < 4.78 is 31.5. The second-order valence-electron chi connectivity index (χ2n) is 6.47. The lowest BCUT2D eigenvalue weighted by molar-refractivity contribution is -0.0373. The molecule has 0 aliphatic heterocycles. The molecule has 0 saturated heterocycles. The van der Waals surface area contributed by atoms with Gasteiger partial charge in [0.05, 0.1) is 72.7 Å². The zero-order valence-corrected chi connectivity index (χ0v) is 17.6. The van der Waals surface area contributed by atoms with Gasteiger partial charge in [-0.05, 0) is 26.3 Å². The second kappa shape index (κ2) is 19.6. The normalized spacial score (nSPS) is 11.1. The van der Waals surface area contributed by atoms with Gasteiger partial charge in [-0.1, -0.05) is 5.11 Å². The van der Waals surface area contributed by atoms with Gasteiger partial charge in [-0.15, -0.1) is 0 Å². The summed E-state index contributed by atoms with van der Waals surface area (Å²) in [5, 5.41) is 3.35. The number of hydroxylamine groups is 1. The average molecular weight is 422 g/mol. The summed E-state index contributed by atoms with van der Waals surface area (Å²) in [7, 11) is 0. The number of ether oxygens (including phenoxy) is 6. The summed E-state index contributed by atoms with van der Waals surface area (Å²) in [4.78, 5) is 18.8. The van der Waals surface area contributed by atoms with Crippen LogP contribution in [-0.2, 0) is 33.3 Å². The van der Waals surface area contributed by atoms with Crippen molar-refractivity contribution >= 4 is 6.09 Å². The van der Waals surface area contributed by atoms with E-state index in [1.54, 1.807) is 20.8 Å². The van der Waals surface area contributed by atoms with Gasteiger partial charge in [0.1, 0.15) is 5.60 Å². The predicted molar refractivity (Wildman–Crippen MR) is 103 cm³/mol. The molecule has 0 aromatic rings. The first-order valence-corrected chi connectivity index (χ1v) is 9.46. The minimum absolute atomic E-state index is 0.210. The lowest BCUT2D eigenvalue weighted by Gasteiger charge is -2.19. The standard InChI is InChI=1S/C17H34N4O8/c1-17(2,3)29-16(22)20-28-15-14-27-13-12-26-11-10-25-9-8-24-7-6-23-5-4-19-21-18/h4-15H2,1-3H3,(H,20,22). The molecule has 1 N–H and O–H groups in total. The smallest absolute Gasteiger partial charge is 0.431 e. The van der Waals surface area contributed by atoms with Crippen LogP contribution in [0.2, 0.25) is 0 Å². The molecule has 12 nitrogen and oxygen atoms in total. The summed E-state index contributed by atoms with van der Waals surface area (Å²) in [6, 6.07) is 0. The Morgan fingerprint density at radius 1 is 0.793 bits per heavy atom. The van der Waals surface area contributed by atoms with Crippen LogP contribution >= 0.6 is 0 Å². The monoisotopic (exact) mass is 422 g/mol. The Morgan fingerprint density at radius 3 is 1.62 bits per heavy atom. The summed E-state index contributed by atoms with van der Waals surface area (Å²) in [6.45, 7) is 10.2. The molecule has 0 atom stereocenters. The third-order valence-corrected chi connectivity index (χ3v) is 2.77. The van der Waals surface area contributed by atoms with Gasteiger partial charge in [-0.3, -0.25) is 4.84 Å². The van der Waals surface area contributed by atoms with Gasteiger partial charge in [-0.25, -0.2) is 4.79 Å². The molecule has 12 heteroatoms. The number of nitrogens with one attached hydrogen (secondary N) is 1. The van der Waals surface area contributed by atoms with Crippen molar-refractivity contribution < 1.29 is 38.1 Å². The van der Waals surface area contributed by atoms with Crippen molar-refractivity contribution in [1.82, 2.24) is 5.48 Å². The fourth-order valence-electron chi connectivity index (χ4n) is 1.64. The zero-order valence-electron chi connectivity index (χ0n) is 17.6. The molecule has 0 aliphatic carbocycles. The molecule has 0 bridgehead atoms. The summed E-state index contributed by atoms with van der Waals surface area (Å²) in [6.07, 6.45) is -0.637. The van der Waals surface area contributed by atoms with Gasteiger partial charge < -0.3 is 28.4 Å². The number of amides is 1. The van der Waals surface area contributed by atoms with E-state index in [0.29, 0.717) is 72.6 Å². The van der Waals surface area contributed by atoms with Gasteiger partial charge in [0.25, 0.3) is 0 Å². The first kappa shape index (κ1) is 27.3. The van der Waals surface area contributed by atoms with E-state index >= 15 is 0 Å². The van der Waals surface area contributed by atoms with Crippen LogP contribution < -0.4 is 5.48 Å². The maximum absolute atomic E-state index is 11.3. The lowest BCUT2D eigenvalue weighted by Crippen LogP contribution is -2.33. The van der Waals surface area contributed by atoms with Crippen LogP contribution in [0, 0.1) is 0 Å². The van der Waals surface area contributed by atoms with E-state index in [-0.39, 0.29) is 6.61 Å². The Bertz CT molecular complexity index is 442.